The SMILES string of the molecule is CCNC[C@@H]1[C@H]2c3[nH]cc4c3[C@H]3[C@@H]5[C@H]2[C@H](CN[C@@H]5CC(=O)[C@H]3CC4)[C@@H](CCC(O)O)[C@H]1[C@@H]1CC[C@]2(C#C[C@H](C[C@H](O)[C@H](O)C[C@H](C3=CCNC(N)=C3)c3ccc4ccccc4c3)c3cc(O)c(OC)cc3CCC2=O)[C@H](O)C1. The number of methoxy groups -OCH3 is 1. The smallest absolute Gasteiger partial charge is 0.160 e. The molecule has 414 valence electrons. The molecule has 3 aromatic carbocycles. The molecule has 12 N–H and O–H groups in total. The van der Waals surface area contributed by atoms with Gasteiger partial charge in [0.05, 0.1) is 31.2 Å². The van der Waals surface area contributed by atoms with Crippen LogP contribution in [0, 0.1) is 64.6 Å². The Morgan fingerprint density at radius 1 is 0.936 bits per heavy atom. The van der Waals surface area contributed by atoms with Crippen molar-refractivity contribution in [2.24, 2.45) is 58.5 Å². The number of piperidine rings is 1. The van der Waals surface area contributed by atoms with E-state index in [9.17, 15) is 35.4 Å². The summed E-state index contributed by atoms with van der Waals surface area (Å²) in [6, 6.07) is 17.8. The van der Waals surface area contributed by atoms with Crippen LogP contribution in [0.1, 0.15) is 128 Å². The number of fused-ring (bicyclic) bond motifs is 3. The second kappa shape index (κ2) is 21.5. The van der Waals surface area contributed by atoms with E-state index >= 15 is 4.79 Å². The number of aliphatic hydroxyl groups excluding tert-OH is 4. The van der Waals surface area contributed by atoms with Gasteiger partial charge in [-0.25, -0.2) is 0 Å². The Morgan fingerprint density at radius 3 is 2.55 bits per heavy atom. The molecule has 17 atom stereocenters. The number of phenolic OH excluding ortho intramolecular Hbond substituents is 1. The van der Waals surface area contributed by atoms with Crippen molar-refractivity contribution in [2.45, 2.75) is 138 Å². The number of hydrogen-bond donors (Lipinski definition) is 11. The van der Waals surface area contributed by atoms with Crippen LogP contribution >= 0.6 is 0 Å². The first-order valence-electron chi connectivity index (χ1n) is 29.2. The highest BCUT2D eigenvalue weighted by Gasteiger charge is 2.65. The highest BCUT2D eigenvalue weighted by atomic mass is 16.5. The van der Waals surface area contributed by atoms with E-state index < -0.39 is 35.9 Å². The van der Waals surface area contributed by atoms with Crippen LogP contribution in [0.5, 0.6) is 11.5 Å². The standard InChI is InChI=1S/C64H79N5O9/c1-3-66-31-46-57(41(13-15-56(76)77)45-32-68-47-29-48(70)42-12-10-40-30-69-63-58(40)59(42)62(47)60(45)61(46)63)39-17-20-64(54(75)25-39)19-16-37(44-28-51(73)52(78-2)24-36(44)11-14-53(64)74)23-49(71)50(72)27-43(38-18-21-67-55(65)26-38)35-9-8-33-6-4-5-7-34(33)22-35/h4-9,18,22,24,26,28,30,37,39,41-43,45-47,49-50,54,56-57,59-62,66-69,71-73,75-77H,3,10-15,17,20-21,23,25,27,29,31-32,65H2,1-2H3/t37-,39-,41-,42-,43+,45-,46+,47-,49+,50-,54-,57-,59+,60+,61-,62-,64+/m1/s1. The highest BCUT2D eigenvalue weighted by Crippen LogP contribution is 2.68. The van der Waals surface area contributed by atoms with Crippen LogP contribution in [0.2, 0.25) is 0 Å². The molecule has 1 saturated heterocycles. The number of nitrogens with two attached hydrogens (primary N) is 1. The fourth-order valence-electron chi connectivity index (χ4n) is 17.4. The number of benzene rings is 3. The monoisotopic (exact) mass is 1060 g/mol. The molecule has 1 aromatic heterocycles. The molecule has 8 aliphatic rings. The Labute approximate surface area is 457 Å². The number of hydrogen-bond acceptors (Lipinski definition) is 13. The molecule has 14 heteroatoms. The van der Waals surface area contributed by atoms with Crippen molar-refractivity contribution in [1.82, 2.24) is 20.9 Å². The summed E-state index contributed by atoms with van der Waals surface area (Å²) in [6.07, 6.45) is 6.11. The number of aromatic amines is 1. The molecule has 6 aliphatic carbocycles. The van der Waals surface area contributed by atoms with Crippen LogP contribution in [0.4, 0.5) is 0 Å². The third kappa shape index (κ3) is 9.29. The van der Waals surface area contributed by atoms with E-state index in [0.717, 1.165) is 59.9 Å². The van der Waals surface area contributed by atoms with E-state index in [4.69, 9.17) is 10.5 Å². The van der Waals surface area contributed by atoms with Crippen LogP contribution in [0.15, 0.2) is 84.3 Å². The van der Waals surface area contributed by atoms with Gasteiger partial charge >= 0.3 is 0 Å². The molecule has 4 aromatic rings. The number of carbonyl (C=O) groups is 2. The Kier molecular flexibility index (Phi) is 14.7. The van der Waals surface area contributed by atoms with Crippen molar-refractivity contribution >= 4 is 22.3 Å². The predicted octanol–water partition coefficient (Wildman–Crippen LogP) is 6.05. The molecule has 4 fully saturated rings. The van der Waals surface area contributed by atoms with Gasteiger partial charge in [0.2, 0.25) is 0 Å². The number of phenols is 1. The first-order valence-corrected chi connectivity index (χ1v) is 29.2. The molecule has 78 heavy (non-hydrogen) atoms. The van der Waals surface area contributed by atoms with Crippen molar-refractivity contribution in [3.8, 4) is 23.3 Å². The largest absolute Gasteiger partial charge is 0.504 e. The second-order valence-corrected chi connectivity index (χ2v) is 24.6. The molecule has 3 heterocycles. The molecule has 3 saturated carbocycles. The van der Waals surface area contributed by atoms with Gasteiger partial charge in [0, 0.05) is 66.9 Å². The second-order valence-electron chi connectivity index (χ2n) is 24.6. The molecular weight excluding hydrogens is 983 g/mol. The number of H-pyrrole nitrogens is 1. The zero-order chi connectivity index (χ0) is 54.1. The van der Waals surface area contributed by atoms with Gasteiger partial charge in [0.1, 0.15) is 11.2 Å². The van der Waals surface area contributed by atoms with Crippen molar-refractivity contribution in [2.75, 3.05) is 33.3 Å². The summed E-state index contributed by atoms with van der Waals surface area (Å²) in [6.45, 7) is 4.94. The minimum Gasteiger partial charge on any atom is -0.504 e. The molecule has 1 spiro atoms. The number of aromatic hydroxyl groups is 1. The minimum atomic E-state index is -1.46. The molecule has 0 bridgehead atoms. The number of aliphatic hydroxyl groups is 5. The summed E-state index contributed by atoms with van der Waals surface area (Å²) in [7, 11) is 1.48. The van der Waals surface area contributed by atoms with Gasteiger partial charge < -0.3 is 62.0 Å². The van der Waals surface area contributed by atoms with Gasteiger partial charge in [-0.15, -0.1) is 0 Å². The number of Topliss-reactive ketones (excluding diaryl/α,β-unsaturated/α-hetero) is 2. The van der Waals surface area contributed by atoms with Crippen LogP contribution in [-0.2, 0) is 22.4 Å². The molecule has 0 radical (unpaired) electrons. The molecular formula is C64H79N5O9. The van der Waals surface area contributed by atoms with E-state index in [0.29, 0.717) is 67.7 Å². The number of allylic oxidation sites excluding steroid dienone is 2. The lowest BCUT2D eigenvalue weighted by Crippen LogP contribution is -2.67. The van der Waals surface area contributed by atoms with Crippen molar-refractivity contribution in [3.05, 3.63) is 118 Å². The molecule has 12 rings (SSSR count). The van der Waals surface area contributed by atoms with Gasteiger partial charge in [0.15, 0.2) is 23.6 Å². The normalized spacial score (nSPS) is 33.9. The summed E-state index contributed by atoms with van der Waals surface area (Å²) < 4.78 is 5.58. The lowest BCUT2D eigenvalue weighted by atomic mass is 9.41. The Morgan fingerprint density at radius 2 is 1.77 bits per heavy atom. The van der Waals surface area contributed by atoms with Crippen molar-refractivity contribution in [3.63, 3.8) is 0 Å². The van der Waals surface area contributed by atoms with Gasteiger partial charge in [0.25, 0.3) is 0 Å². The fourth-order valence-corrected chi connectivity index (χ4v) is 17.4. The van der Waals surface area contributed by atoms with E-state index in [1.165, 1.54) is 23.9 Å². The maximum atomic E-state index is 15.1. The molecule has 14 nitrogen and oxygen atoms in total. The van der Waals surface area contributed by atoms with Crippen molar-refractivity contribution < 1.29 is 45.0 Å². The summed E-state index contributed by atoms with van der Waals surface area (Å²) in [5.41, 5.74) is 12.2. The zero-order valence-electron chi connectivity index (χ0n) is 45.0. The van der Waals surface area contributed by atoms with Gasteiger partial charge in [-0.3, -0.25) is 9.59 Å². The first kappa shape index (κ1) is 53.2. The lowest BCUT2D eigenvalue weighted by molar-refractivity contribution is -0.145. The van der Waals surface area contributed by atoms with Crippen molar-refractivity contribution in [1.29, 1.82) is 0 Å². The average molecular weight is 1060 g/mol. The Hall–Kier alpha value is -5.50. The number of ketones is 2. The topological polar surface area (TPSA) is 243 Å². The van der Waals surface area contributed by atoms with Gasteiger partial charge in [-0.05, 0) is 188 Å². The number of rotatable bonds is 15. The Balaban J connectivity index is 0.872. The number of carbonyl (C=O) groups excluding carboxylic acids is 2. The summed E-state index contributed by atoms with van der Waals surface area (Å²) in [5.74, 6) is 8.20. The zero-order valence-corrected chi connectivity index (χ0v) is 45.0. The van der Waals surface area contributed by atoms with E-state index in [1.807, 2.05) is 18.2 Å². The highest BCUT2D eigenvalue weighted by molar-refractivity contribution is 5.89. The average Bonchev–Trinajstić information content (AvgIpc) is 3.45. The number of nitrogens with one attached hydrogen (secondary N) is 4. The molecule has 0 unspecified atom stereocenters. The third-order valence-corrected chi connectivity index (χ3v) is 20.8. The van der Waals surface area contributed by atoms with Crippen LogP contribution in [0.3, 0.4) is 0 Å². The van der Waals surface area contributed by atoms with E-state index in [1.54, 1.807) is 12.1 Å². The minimum absolute atomic E-state index is 0.0104. The molecule has 0 amide bonds. The molecule has 2 aliphatic heterocycles. The third-order valence-electron chi connectivity index (χ3n) is 20.8. The van der Waals surface area contributed by atoms with Gasteiger partial charge in [-0.1, -0.05) is 67.3 Å². The van der Waals surface area contributed by atoms with Crippen LogP contribution < -0.4 is 26.4 Å². The van der Waals surface area contributed by atoms with Gasteiger partial charge in [-0.2, -0.15) is 0 Å². The predicted molar refractivity (Wildman–Crippen MR) is 297 cm³/mol. The van der Waals surface area contributed by atoms with Crippen LogP contribution in [0.25, 0.3) is 10.8 Å². The van der Waals surface area contributed by atoms with E-state index in [2.05, 4.69) is 82.3 Å². The number of dihydropyridines is 1. The van der Waals surface area contributed by atoms with Crippen LogP contribution in [-0.4, -0.2) is 111 Å². The quantitative estimate of drug-likeness (QED) is 0.0481. The number of ether oxygens (including phenoxy) is 1. The first-order chi connectivity index (χ1) is 37.8. The fraction of sp³-hybridized carbons (Fsp3) is 0.562. The lowest BCUT2D eigenvalue weighted by Gasteiger charge is -2.65. The Bertz CT molecular complexity index is 3060. The summed E-state index contributed by atoms with van der Waals surface area (Å²) in [4.78, 5) is 32.8. The number of aryl methyl sites for hydroxylation is 2. The summed E-state index contributed by atoms with van der Waals surface area (Å²) in [5, 5.41) is 82.6. The maximum absolute atomic E-state index is 15.1. The number of aromatic nitrogens is 1. The summed E-state index contributed by atoms with van der Waals surface area (Å²) >= 11 is 0. The maximum Gasteiger partial charge on any atom is 0.160 e. The van der Waals surface area contributed by atoms with E-state index in [-0.39, 0.29) is 109 Å².